The van der Waals surface area contributed by atoms with Crippen molar-refractivity contribution in [3.05, 3.63) is 11.9 Å². The average molecular weight is 173 g/mol. The number of nitrogens with zero attached hydrogens (tertiary/aromatic N) is 2. The van der Waals surface area contributed by atoms with Crippen molar-refractivity contribution in [1.82, 2.24) is 9.78 Å². The highest BCUT2D eigenvalue weighted by molar-refractivity contribution is 5.27. The molecule has 0 aliphatic carbocycles. The topological polar surface area (TPSA) is 53.1 Å². The van der Waals surface area contributed by atoms with Gasteiger partial charge in [0.25, 0.3) is 0 Å². The van der Waals surface area contributed by atoms with Crippen molar-refractivity contribution in [3.8, 4) is 5.75 Å². The van der Waals surface area contributed by atoms with Crippen LogP contribution in [0.15, 0.2) is 6.20 Å². The van der Waals surface area contributed by atoms with E-state index in [1.54, 1.807) is 7.05 Å². The number of alkyl halides is 1. The van der Waals surface area contributed by atoms with E-state index >= 15 is 0 Å². The number of hydrogen-bond donors (Lipinski definition) is 1. The fraction of sp³-hybridized carbons (Fsp3) is 0.571. The minimum atomic E-state index is -1.22. The highest BCUT2D eigenvalue weighted by Gasteiger charge is 2.17. The molecule has 12 heavy (non-hydrogen) atoms. The molecule has 0 bridgehead atoms. The van der Waals surface area contributed by atoms with Crippen molar-refractivity contribution < 1.29 is 9.13 Å². The second kappa shape index (κ2) is 3.53. The summed E-state index contributed by atoms with van der Waals surface area (Å²) in [6.45, 7) is -0.0596. The molecule has 1 aromatic heterocycles. The van der Waals surface area contributed by atoms with E-state index in [1.807, 2.05) is 0 Å². The zero-order chi connectivity index (χ0) is 9.14. The molecule has 5 heteroatoms. The maximum atomic E-state index is 13.1. The zero-order valence-electron chi connectivity index (χ0n) is 7.12. The molecule has 1 aromatic rings. The van der Waals surface area contributed by atoms with E-state index in [0.29, 0.717) is 11.4 Å². The Morgan fingerprint density at radius 2 is 2.50 bits per heavy atom. The molecule has 4 nitrogen and oxygen atoms in total. The van der Waals surface area contributed by atoms with E-state index in [2.05, 4.69) is 5.10 Å². The first-order valence-electron chi connectivity index (χ1n) is 3.60. The molecule has 1 heterocycles. The smallest absolute Gasteiger partial charge is 0.163 e. The van der Waals surface area contributed by atoms with Gasteiger partial charge in [0.15, 0.2) is 11.9 Å². The number of hydrogen-bond acceptors (Lipinski definition) is 3. The molecule has 0 fully saturated rings. The van der Waals surface area contributed by atoms with E-state index in [4.69, 9.17) is 10.5 Å². The summed E-state index contributed by atoms with van der Waals surface area (Å²) in [6, 6.07) is 0. The van der Waals surface area contributed by atoms with Crippen molar-refractivity contribution >= 4 is 0 Å². The van der Waals surface area contributed by atoms with E-state index in [1.165, 1.54) is 18.0 Å². The molecule has 0 aliphatic rings. The van der Waals surface area contributed by atoms with Crippen LogP contribution in [0.3, 0.4) is 0 Å². The predicted molar refractivity (Wildman–Crippen MR) is 42.7 cm³/mol. The number of aromatic nitrogens is 2. The molecule has 0 aromatic carbocycles. The SMILES string of the molecule is COc1cnn(C)c1C(F)CN. The van der Waals surface area contributed by atoms with Crippen LogP contribution in [0.25, 0.3) is 0 Å². The normalized spacial score (nSPS) is 13.0. The first-order valence-corrected chi connectivity index (χ1v) is 3.60. The lowest BCUT2D eigenvalue weighted by Crippen LogP contribution is -2.12. The lowest BCUT2D eigenvalue weighted by atomic mass is 10.2. The van der Waals surface area contributed by atoms with Crippen LogP contribution in [-0.4, -0.2) is 23.4 Å². The van der Waals surface area contributed by atoms with Crippen LogP contribution in [0.2, 0.25) is 0 Å². The Morgan fingerprint density at radius 3 is 3.00 bits per heavy atom. The predicted octanol–water partition coefficient (Wildman–Crippen LogP) is 0.398. The second-order valence-corrected chi connectivity index (χ2v) is 2.43. The zero-order valence-corrected chi connectivity index (χ0v) is 7.12. The first kappa shape index (κ1) is 8.99. The molecular formula is C7H12FN3O. The summed E-state index contributed by atoms with van der Waals surface area (Å²) in [6.07, 6.45) is 0.254. The van der Waals surface area contributed by atoms with Crippen molar-refractivity contribution in [2.75, 3.05) is 13.7 Å². The molecule has 2 N–H and O–H groups in total. The van der Waals surface area contributed by atoms with Gasteiger partial charge in [0.2, 0.25) is 0 Å². The molecule has 0 spiro atoms. The Balaban J connectivity index is 3.01. The van der Waals surface area contributed by atoms with Crippen molar-refractivity contribution in [1.29, 1.82) is 0 Å². The van der Waals surface area contributed by atoms with Crippen LogP contribution in [0.4, 0.5) is 4.39 Å². The third-order valence-electron chi connectivity index (χ3n) is 1.67. The average Bonchev–Trinajstić information content (AvgIpc) is 2.45. The Morgan fingerprint density at radius 1 is 1.83 bits per heavy atom. The molecular weight excluding hydrogens is 161 g/mol. The number of halogens is 1. The molecule has 0 saturated carbocycles. The number of ether oxygens (including phenoxy) is 1. The third-order valence-corrected chi connectivity index (χ3v) is 1.67. The summed E-state index contributed by atoms with van der Waals surface area (Å²) >= 11 is 0. The Bertz CT molecular complexity index is 261. The highest BCUT2D eigenvalue weighted by Crippen LogP contribution is 2.25. The summed E-state index contributed by atoms with van der Waals surface area (Å²) < 4.78 is 19.5. The van der Waals surface area contributed by atoms with Crippen LogP contribution >= 0.6 is 0 Å². The van der Waals surface area contributed by atoms with Crippen LogP contribution in [0.1, 0.15) is 11.9 Å². The summed E-state index contributed by atoms with van der Waals surface area (Å²) in [4.78, 5) is 0. The van der Waals surface area contributed by atoms with E-state index in [0.717, 1.165) is 0 Å². The van der Waals surface area contributed by atoms with Gasteiger partial charge in [-0.2, -0.15) is 5.10 Å². The number of methoxy groups -OCH3 is 1. The van der Waals surface area contributed by atoms with Crippen molar-refractivity contribution in [3.63, 3.8) is 0 Å². The standard InChI is InChI=1S/C7H12FN3O/c1-11-7(5(8)3-9)6(12-2)4-10-11/h4-5H,3,9H2,1-2H3. The Hall–Kier alpha value is -1.10. The summed E-state index contributed by atoms with van der Waals surface area (Å²) in [7, 11) is 3.13. The van der Waals surface area contributed by atoms with Gasteiger partial charge in [0, 0.05) is 13.6 Å². The molecule has 0 aliphatic heterocycles. The third kappa shape index (κ3) is 1.40. The summed E-state index contributed by atoms with van der Waals surface area (Å²) in [5, 5.41) is 3.85. The van der Waals surface area contributed by atoms with E-state index in [9.17, 15) is 4.39 Å². The van der Waals surface area contributed by atoms with Crippen LogP contribution < -0.4 is 10.5 Å². The molecule has 1 rings (SSSR count). The lowest BCUT2D eigenvalue weighted by Gasteiger charge is -2.07. The van der Waals surface area contributed by atoms with Crippen LogP contribution in [0, 0.1) is 0 Å². The van der Waals surface area contributed by atoms with Crippen molar-refractivity contribution in [2.45, 2.75) is 6.17 Å². The lowest BCUT2D eigenvalue weighted by molar-refractivity contribution is 0.315. The quantitative estimate of drug-likeness (QED) is 0.719. The van der Waals surface area contributed by atoms with E-state index in [-0.39, 0.29) is 6.54 Å². The molecule has 68 valence electrons. The van der Waals surface area contributed by atoms with Crippen molar-refractivity contribution in [2.24, 2.45) is 12.8 Å². The molecule has 0 amide bonds. The maximum absolute atomic E-state index is 13.1. The second-order valence-electron chi connectivity index (χ2n) is 2.43. The molecule has 0 radical (unpaired) electrons. The van der Waals surface area contributed by atoms with Gasteiger partial charge >= 0.3 is 0 Å². The fourth-order valence-electron chi connectivity index (χ4n) is 1.05. The maximum Gasteiger partial charge on any atom is 0.163 e. The van der Waals surface area contributed by atoms with Gasteiger partial charge in [-0.3, -0.25) is 4.68 Å². The van der Waals surface area contributed by atoms with Crippen LogP contribution in [-0.2, 0) is 7.05 Å². The van der Waals surface area contributed by atoms with Gasteiger partial charge < -0.3 is 10.5 Å². The number of nitrogens with two attached hydrogens (primary N) is 1. The van der Waals surface area contributed by atoms with Crippen LogP contribution in [0.5, 0.6) is 5.75 Å². The Kier molecular flexibility index (Phi) is 2.65. The van der Waals surface area contributed by atoms with Gasteiger partial charge in [-0.25, -0.2) is 4.39 Å². The molecule has 1 unspecified atom stereocenters. The van der Waals surface area contributed by atoms with Gasteiger partial charge in [-0.15, -0.1) is 0 Å². The van der Waals surface area contributed by atoms with Gasteiger partial charge in [-0.05, 0) is 0 Å². The largest absolute Gasteiger partial charge is 0.493 e. The first-order chi connectivity index (χ1) is 5.70. The minimum absolute atomic E-state index is 0.0596. The monoisotopic (exact) mass is 173 g/mol. The number of aryl methyl sites for hydroxylation is 1. The van der Waals surface area contributed by atoms with Gasteiger partial charge in [0.1, 0.15) is 5.69 Å². The summed E-state index contributed by atoms with van der Waals surface area (Å²) in [5.74, 6) is 0.440. The summed E-state index contributed by atoms with van der Waals surface area (Å²) in [5.41, 5.74) is 5.57. The van der Waals surface area contributed by atoms with E-state index < -0.39 is 6.17 Å². The minimum Gasteiger partial charge on any atom is -0.493 e. The highest BCUT2D eigenvalue weighted by atomic mass is 19.1. The molecule has 1 atom stereocenters. The fourth-order valence-corrected chi connectivity index (χ4v) is 1.05. The van der Waals surface area contributed by atoms with Gasteiger partial charge in [-0.1, -0.05) is 0 Å². The number of rotatable bonds is 3. The molecule has 0 saturated heterocycles. The Labute approximate surface area is 70.1 Å². The van der Waals surface area contributed by atoms with Gasteiger partial charge in [0.05, 0.1) is 13.3 Å².